The average Bonchev–Trinajstić information content (AvgIpc) is 2.30. The third-order valence-electron chi connectivity index (χ3n) is 2.06. The molecular formula is C11H17FN4. The first kappa shape index (κ1) is 12.4. The van der Waals surface area contributed by atoms with E-state index in [0.717, 1.165) is 18.5 Å². The van der Waals surface area contributed by atoms with Gasteiger partial charge in [-0.15, -0.1) is 0 Å². The summed E-state index contributed by atoms with van der Waals surface area (Å²) in [7, 11) is 0. The highest BCUT2D eigenvalue weighted by Gasteiger charge is 1.95. The van der Waals surface area contributed by atoms with Crippen molar-refractivity contribution in [3.63, 3.8) is 0 Å². The van der Waals surface area contributed by atoms with E-state index in [9.17, 15) is 4.39 Å². The Morgan fingerprint density at radius 1 is 1.38 bits per heavy atom. The molecule has 0 fully saturated rings. The molecule has 5 heteroatoms. The van der Waals surface area contributed by atoms with Crippen molar-refractivity contribution < 1.29 is 4.39 Å². The maximum atomic E-state index is 12.6. The van der Waals surface area contributed by atoms with Crippen LogP contribution in [0.1, 0.15) is 12.5 Å². The zero-order chi connectivity index (χ0) is 11.8. The summed E-state index contributed by atoms with van der Waals surface area (Å²) in [5, 5.41) is 2.98. The first-order chi connectivity index (χ1) is 7.76. The molecule has 4 nitrogen and oxygen atoms in total. The van der Waals surface area contributed by atoms with Gasteiger partial charge in [-0.2, -0.15) is 0 Å². The SMILES string of the molecule is CCNC(=NCCc1ccc(F)cc1)NN. The molecule has 1 aromatic carbocycles. The number of nitrogens with zero attached hydrogens (tertiary/aromatic N) is 1. The van der Waals surface area contributed by atoms with Crippen LogP contribution in [0, 0.1) is 5.82 Å². The molecule has 0 aliphatic heterocycles. The maximum absolute atomic E-state index is 12.6. The first-order valence-electron chi connectivity index (χ1n) is 5.25. The number of guanidine groups is 1. The highest BCUT2D eigenvalue weighted by molar-refractivity contribution is 5.79. The van der Waals surface area contributed by atoms with Gasteiger partial charge in [0.25, 0.3) is 0 Å². The fraction of sp³-hybridized carbons (Fsp3) is 0.364. The Balaban J connectivity index is 2.42. The topological polar surface area (TPSA) is 62.4 Å². The highest BCUT2D eigenvalue weighted by Crippen LogP contribution is 2.03. The van der Waals surface area contributed by atoms with Gasteiger partial charge in [0.1, 0.15) is 5.82 Å². The summed E-state index contributed by atoms with van der Waals surface area (Å²) in [4.78, 5) is 4.23. The second-order valence-corrected chi connectivity index (χ2v) is 3.28. The van der Waals surface area contributed by atoms with Gasteiger partial charge < -0.3 is 5.32 Å². The minimum atomic E-state index is -0.218. The summed E-state index contributed by atoms with van der Waals surface area (Å²) >= 11 is 0. The van der Waals surface area contributed by atoms with Crippen LogP contribution in [0.4, 0.5) is 4.39 Å². The number of hydrogen-bond donors (Lipinski definition) is 3. The molecule has 0 atom stereocenters. The van der Waals surface area contributed by atoms with Crippen LogP contribution in [0.15, 0.2) is 29.3 Å². The standard InChI is InChI=1S/C11H17FN4/c1-2-14-11(16-13)15-8-7-9-3-5-10(12)6-4-9/h3-6H,2,7-8,13H2,1H3,(H2,14,15,16). The molecule has 0 amide bonds. The monoisotopic (exact) mass is 224 g/mol. The van der Waals surface area contributed by atoms with Crippen molar-refractivity contribution >= 4 is 5.96 Å². The van der Waals surface area contributed by atoms with Gasteiger partial charge >= 0.3 is 0 Å². The van der Waals surface area contributed by atoms with Crippen LogP contribution in [-0.2, 0) is 6.42 Å². The van der Waals surface area contributed by atoms with E-state index in [1.54, 1.807) is 12.1 Å². The highest BCUT2D eigenvalue weighted by atomic mass is 19.1. The summed E-state index contributed by atoms with van der Waals surface area (Å²) in [5.74, 6) is 5.62. The molecular weight excluding hydrogens is 207 g/mol. The summed E-state index contributed by atoms with van der Waals surface area (Å²) in [6.07, 6.45) is 0.761. The number of benzene rings is 1. The number of aliphatic imine (C=N–C) groups is 1. The van der Waals surface area contributed by atoms with Crippen molar-refractivity contribution in [3.8, 4) is 0 Å². The van der Waals surface area contributed by atoms with Crippen molar-refractivity contribution in [2.45, 2.75) is 13.3 Å². The molecule has 0 aliphatic rings. The van der Waals surface area contributed by atoms with Gasteiger partial charge in [-0.25, -0.2) is 10.2 Å². The average molecular weight is 224 g/mol. The molecule has 0 aromatic heterocycles. The molecule has 0 unspecified atom stereocenters. The minimum absolute atomic E-state index is 0.218. The second-order valence-electron chi connectivity index (χ2n) is 3.28. The predicted molar refractivity (Wildman–Crippen MR) is 63.4 cm³/mol. The van der Waals surface area contributed by atoms with Crippen molar-refractivity contribution in [2.24, 2.45) is 10.8 Å². The van der Waals surface area contributed by atoms with Gasteiger partial charge in [0, 0.05) is 13.1 Å². The van der Waals surface area contributed by atoms with Crippen molar-refractivity contribution in [1.29, 1.82) is 0 Å². The fourth-order valence-electron chi connectivity index (χ4n) is 1.27. The van der Waals surface area contributed by atoms with E-state index in [1.165, 1.54) is 12.1 Å². The Hall–Kier alpha value is -1.62. The molecule has 4 N–H and O–H groups in total. The molecule has 0 saturated carbocycles. The molecule has 0 spiro atoms. The number of halogens is 1. The Bertz CT molecular complexity index is 334. The van der Waals surface area contributed by atoms with Crippen molar-refractivity contribution in [3.05, 3.63) is 35.6 Å². The van der Waals surface area contributed by atoms with E-state index in [4.69, 9.17) is 5.84 Å². The smallest absolute Gasteiger partial charge is 0.205 e. The lowest BCUT2D eigenvalue weighted by atomic mass is 10.1. The van der Waals surface area contributed by atoms with E-state index in [0.29, 0.717) is 12.5 Å². The second kappa shape index (κ2) is 6.79. The summed E-state index contributed by atoms with van der Waals surface area (Å²) < 4.78 is 12.6. The van der Waals surface area contributed by atoms with Gasteiger partial charge in [0.05, 0.1) is 0 Å². The van der Waals surface area contributed by atoms with Crippen LogP contribution >= 0.6 is 0 Å². The van der Waals surface area contributed by atoms with Crippen LogP contribution in [-0.4, -0.2) is 19.0 Å². The normalized spacial score (nSPS) is 11.3. The third kappa shape index (κ3) is 4.27. The number of hydrazine groups is 1. The van der Waals surface area contributed by atoms with Gasteiger partial charge in [-0.1, -0.05) is 12.1 Å². The minimum Gasteiger partial charge on any atom is -0.356 e. The largest absolute Gasteiger partial charge is 0.356 e. The number of rotatable bonds is 4. The molecule has 0 radical (unpaired) electrons. The lowest BCUT2D eigenvalue weighted by molar-refractivity contribution is 0.627. The summed E-state index contributed by atoms with van der Waals surface area (Å²) in [5.41, 5.74) is 3.53. The van der Waals surface area contributed by atoms with Crippen LogP contribution in [0.5, 0.6) is 0 Å². The van der Waals surface area contributed by atoms with E-state index < -0.39 is 0 Å². The zero-order valence-electron chi connectivity index (χ0n) is 9.33. The molecule has 0 saturated heterocycles. The molecule has 1 aromatic rings. The fourth-order valence-corrected chi connectivity index (χ4v) is 1.27. The molecule has 1 rings (SSSR count). The summed E-state index contributed by atoms with van der Waals surface area (Å²) in [6, 6.07) is 6.41. The quantitative estimate of drug-likeness (QED) is 0.307. The number of nitrogens with two attached hydrogens (primary N) is 1. The van der Waals surface area contributed by atoms with Gasteiger partial charge in [0.15, 0.2) is 0 Å². The van der Waals surface area contributed by atoms with Crippen LogP contribution in [0.3, 0.4) is 0 Å². The lowest BCUT2D eigenvalue weighted by Crippen LogP contribution is -2.41. The number of nitrogens with one attached hydrogen (secondary N) is 2. The Labute approximate surface area is 94.7 Å². The van der Waals surface area contributed by atoms with Gasteiger partial charge in [-0.3, -0.25) is 10.4 Å². The predicted octanol–water partition coefficient (Wildman–Crippen LogP) is 0.797. The van der Waals surface area contributed by atoms with E-state index in [1.807, 2.05) is 6.92 Å². The Morgan fingerprint density at radius 2 is 2.06 bits per heavy atom. The molecule has 0 aliphatic carbocycles. The van der Waals surface area contributed by atoms with Gasteiger partial charge in [0.2, 0.25) is 5.96 Å². The third-order valence-corrected chi connectivity index (χ3v) is 2.06. The molecule has 0 bridgehead atoms. The van der Waals surface area contributed by atoms with Crippen LogP contribution in [0.2, 0.25) is 0 Å². The Morgan fingerprint density at radius 3 is 2.62 bits per heavy atom. The van der Waals surface area contributed by atoms with E-state index in [-0.39, 0.29) is 5.82 Å². The van der Waals surface area contributed by atoms with Gasteiger partial charge in [-0.05, 0) is 31.0 Å². The molecule has 88 valence electrons. The van der Waals surface area contributed by atoms with Crippen molar-refractivity contribution in [1.82, 2.24) is 10.7 Å². The number of hydrogen-bond acceptors (Lipinski definition) is 2. The Kier molecular flexibility index (Phi) is 5.28. The molecule has 0 heterocycles. The first-order valence-corrected chi connectivity index (χ1v) is 5.25. The maximum Gasteiger partial charge on any atom is 0.205 e. The van der Waals surface area contributed by atoms with E-state index in [2.05, 4.69) is 15.7 Å². The lowest BCUT2D eigenvalue weighted by Gasteiger charge is -2.06. The molecule has 16 heavy (non-hydrogen) atoms. The zero-order valence-corrected chi connectivity index (χ0v) is 9.33. The van der Waals surface area contributed by atoms with Crippen molar-refractivity contribution in [2.75, 3.05) is 13.1 Å². The van der Waals surface area contributed by atoms with Crippen LogP contribution in [0.25, 0.3) is 0 Å². The van der Waals surface area contributed by atoms with Crippen LogP contribution < -0.4 is 16.6 Å². The van der Waals surface area contributed by atoms with E-state index >= 15 is 0 Å². The summed E-state index contributed by atoms with van der Waals surface area (Å²) in [6.45, 7) is 3.34.